The zero-order valence-corrected chi connectivity index (χ0v) is 10.9. The molecule has 0 bridgehead atoms. The minimum atomic E-state index is 0.574. The van der Waals surface area contributed by atoms with Gasteiger partial charge in [-0.05, 0) is 40.8 Å². The molecule has 3 rings (SSSR count). The van der Waals surface area contributed by atoms with Crippen molar-refractivity contribution in [1.29, 1.82) is 0 Å². The Hall–Kier alpha value is -1.38. The minimum Gasteiger partial charge on any atom is -0.417 e. The van der Waals surface area contributed by atoms with E-state index in [-0.39, 0.29) is 0 Å². The van der Waals surface area contributed by atoms with Crippen molar-refractivity contribution in [2.75, 3.05) is 6.61 Å². The molecule has 2 aromatic carbocycles. The summed E-state index contributed by atoms with van der Waals surface area (Å²) in [6, 6.07) is 16.3. The van der Waals surface area contributed by atoms with E-state index in [0.717, 1.165) is 12.7 Å². The summed E-state index contributed by atoms with van der Waals surface area (Å²) in [6.07, 6.45) is 0. The molecule has 2 heteroatoms. The highest BCUT2D eigenvalue weighted by molar-refractivity contribution is 6.27. The van der Waals surface area contributed by atoms with Crippen LogP contribution in [0.3, 0.4) is 0 Å². The van der Waals surface area contributed by atoms with Gasteiger partial charge in [-0.25, -0.2) is 0 Å². The molecule has 0 aromatic heterocycles. The van der Waals surface area contributed by atoms with Crippen LogP contribution in [0.2, 0.25) is 0 Å². The van der Waals surface area contributed by atoms with E-state index in [1.807, 2.05) is 6.92 Å². The highest BCUT2D eigenvalue weighted by Gasteiger charge is 2.23. The molecule has 2 radical (unpaired) electrons. The van der Waals surface area contributed by atoms with Crippen LogP contribution in [0.4, 0.5) is 0 Å². The minimum absolute atomic E-state index is 0.574. The Bertz CT molecular complexity index is 548. The van der Waals surface area contributed by atoms with Gasteiger partial charge in [0.25, 0.3) is 0 Å². The molecule has 0 spiro atoms. The molecule has 1 aliphatic rings. The van der Waals surface area contributed by atoms with Gasteiger partial charge in [-0.1, -0.05) is 42.5 Å². The van der Waals surface area contributed by atoms with Crippen LogP contribution >= 0.6 is 0 Å². The van der Waals surface area contributed by atoms with Gasteiger partial charge in [0.1, 0.15) is 0 Å². The predicted octanol–water partition coefficient (Wildman–Crippen LogP) is 3.49. The smallest absolute Gasteiger partial charge is 0.234 e. The Labute approximate surface area is 104 Å². The van der Waals surface area contributed by atoms with Crippen LogP contribution in [0, 0.1) is 0 Å². The molecule has 2 aromatic rings. The first-order chi connectivity index (χ1) is 8.42. The number of hydrogen-bond donors (Lipinski definition) is 0. The van der Waals surface area contributed by atoms with E-state index in [9.17, 15) is 0 Å². The number of fused-ring (bicyclic) bond motifs is 4. The van der Waals surface area contributed by atoms with E-state index < -0.39 is 0 Å². The zero-order chi connectivity index (χ0) is 11.7. The van der Waals surface area contributed by atoms with Crippen molar-refractivity contribution >= 4 is 9.76 Å². The van der Waals surface area contributed by atoms with Crippen LogP contribution < -0.4 is 0 Å². The molecule has 0 heterocycles. The quantitative estimate of drug-likeness (QED) is 0.499. The first-order valence-electron chi connectivity index (χ1n) is 5.98. The summed E-state index contributed by atoms with van der Waals surface area (Å²) in [5.41, 5.74) is 7.06. The Morgan fingerprint density at radius 2 is 1.71 bits per heavy atom. The van der Waals surface area contributed by atoms with Gasteiger partial charge in [-0.15, -0.1) is 0 Å². The summed E-state index contributed by atoms with van der Waals surface area (Å²) in [4.78, 5) is 0. The lowest BCUT2D eigenvalue weighted by atomic mass is 9.78. The van der Waals surface area contributed by atoms with Gasteiger partial charge in [-0.3, -0.25) is 0 Å². The Morgan fingerprint density at radius 1 is 0.941 bits per heavy atom. The molecular formula is C15H14OSi. The predicted molar refractivity (Wildman–Crippen MR) is 72.0 cm³/mol. The summed E-state index contributed by atoms with van der Waals surface area (Å²) in [5.74, 6) is 0. The lowest BCUT2D eigenvalue weighted by Gasteiger charge is -2.26. The highest BCUT2D eigenvalue weighted by atomic mass is 28.2. The van der Waals surface area contributed by atoms with Crippen molar-refractivity contribution < 1.29 is 4.43 Å². The SMILES string of the molecule is CCO[Si]Cc1cccc2c1-c1ccccc1-2. The maximum absolute atomic E-state index is 5.47. The van der Waals surface area contributed by atoms with Crippen LogP contribution in [0.15, 0.2) is 42.5 Å². The van der Waals surface area contributed by atoms with Crippen molar-refractivity contribution in [3.63, 3.8) is 0 Å². The van der Waals surface area contributed by atoms with Crippen LogP contribution in [0.25, 0.3) is 22.3 Å². The van der Waals surface area contributed by atoms with Gasteiger partial charge in [-0.2, -0.15) is 0 Å². The average molecular weight is 238 g/mol. The van der Waals surface area contributed by atoms with E-state index in [1.54, 1.807) is 0 Å². The van der Waals surface area contributed by atoms with Gasteiger partial charge < -0.3 is 4.43 Å². The maximum Gasteiger partial charge on any atom is 0.234 e. The maximum atomic E-state index is 5.47. The van der Waals surface area contributed by atoms with Crippen LogP contribution in [0.5, 0.6) is 0 Å². The summed E-state index contributed by atoms with van der Waals surface area (Å²) in [7, 11) is 0.574. The van der Waals surface area contributed by atoms with Crippen molar-refractivity contribution in [2.45, 2.75) is 13.0 Å². The molecular weight excluding hydrogens is 224 g/mol. The van der Waals surface area contributed by atoms with Crippen LogP contribution in [-0.4, -0.2) is 16.4 Å². The molecule has 0 aliphatic heterocycles. The van der Waals surface area contributed by atoms with E-state index in [2.05, 4.69) is 42.5 Å². The molecule has 1 aliphatic carbocycles. The summed E-state index contributed by atoms with van der Waals surface area (Å²) >= 11 is 0. The largest absolute Gasteiger partial charge is 0.417 e. The Balaban J connectivity index is 1.92. The highest BCUT2D eigenvalue weighted by Crippen LogP contribution is 2.48. The number of benzene rings is 2. The Kier molecular flexibility index (Phi) is 2.83. The normalized spacial score (nSPS) is 11.6. The third-order valence-corrected chi connectivity index (χ3v) is 4.16. The summed E-state index contributed by atoms with van der Waals surface area (Å²) < 4.78 is 5.47. The van der Waals surface area contributed by atoms with Crippen molar-refractivity contribution in [1.82, 2.24) is 0 Å². The average Bonchev–Trinajstić information content (AvgIpc) is 2.36. The second kappa shape index (κ2) is 4.47. The first-order valence-corrected chi connectivity index (χ1v) is 7.09. The molecule has 0 saturated heterocycles. The fraction of sp³-hybridized carbons (Fsp3) is 0.200. The van der Waals surface area contributed by atoms with Gasteiger partial charge in [0.2, 0.25) is 9.76 Å². The van der Waals surface area contributed by atoms with E-state index >= 15 is 0 Å². The second-order valence-corrected chi connectivity index (χ2v) is 5.07. The van der Waals surface area contributed by atoms with Crippen molar-refractivity contribution in [3.05, 3.63) is 48.0 Å². The Morgan fingerprint density at radius 3 is 2.53 bits per heavy atom. The molecule has 0 N–H and O–H groups in total. The summed E-state index contributed by atoms with van der Waals surface area (Å²) in [5, 5.41) is 0. The zero-order valence-electron chi connectivity index (χ0n) is 9.86. The second-order valence-electron chi connectivity index (χ2n) is 4.14. The van der Waals surface area contributed by atoms with Gasteiger partial charge in [0.05, 0.1) is 0 Å². The van der Waals surface area contributed by atoms with Crippen LogP contribution in [0.1, 0.15) is 12.5 Å². The van der Waals surface area contributed by atoms with Crippen molar-refractivity contribution in [2.24, 2.45) is 0 Å². The monoisotopic (exact) mass is 238 g/mol. The van der Waals surface area contributed by atoms with Gasteiger partial charge in [0.15, 0.2) is 0 Å². The molecule has 0 saturated carbocycles. The molecule has 0 fully saturated rings. The lowest BCUT2D eigenvalue weighted by molar-refractivity contribution is 0.360. The first kappa shape index (κ1) is 10.8. The van der Waals surface area contributed by atoms with E-state index in [0.29, 0.717) is 9.76 Å². The standard InChI is InChI=1S/C15H14OSi/c1-2-16-17-10-11-6-5-9-14-12-7-3-4-8-13(12)15(11)14/h3-9H,2,10H2,1H3. The molecule has 84 valence electrons. The van der Waals surface area contributed by atoms with E-state index in [1.165, 1.54) is 27.8 Å². The molecule has 0 amide bonds. The van der Waals surface area contributed by atoms with Crippen LogP contribution in [-0.2, 0) is 10.5 Å². The molecule has 17 heavy (non-hydrogen) atoms. The fourth-order valence-electron chi connectivity index (χ4n) is 2.39. The molecule has 0 unspecified atom stereocenters. The van der Waals surface area contributed by atoms with E-state index in [4.69, 9.17) is 4.43 Å². The third kappa shape index (κ3) is 1.74. The van der Waals surface area contributed by atoms with Gasteiger partial charge >= 0.3 is 0 Å². The number of rotatable bonds is 4. The van der Waals surface area contributed by atoms with Gasteiger partial charge in [0, 0.05) is 6.61 Å². The third-order valence-electron chi connectivity index (χ3n) is 3.15. The van der Waals surface area contributed by atoms with Crippen molar-refractivity contribution in [3.8, 4) is 22.3 Å². The molecule has 0 atom stereocenters. The molecule has 1 nitrogen and oxygen atoms in total. The summed E-state index contributed by atoms with van der Waals surface area (Å²) in [6.45, 7) is 2.86. The number of hydrogen-bond acceptors (Lipinski definition) is 1. The topological polar surface area (TPSA) is 9.23 Å². The lowest BCUT2D eigenvalue weighted by Crippen LogP contribution is -2.08. The fourth-order valence-corrected chi connectivity index (χ4v) is 3.15.